The number of esters is 1. The van der Waals surface area contributed by atoms with Crippen molar-refractivity contribution < 1.29 is 18.7 Å². The van der Waals surface area contributed by atoms with Crippen molar-refractivity contribution in [2.75, 3.05) is 6.61 Å². The summed E-state index contributed by atoms with van der Waals surface area (Å²) in [4.78, 5) is 39.1. The minimum Gasteiger partial charge on any atom is -0.466 e. The number of benzene rings is 2. The SMILES string of the molecule is CCOC(=O)CCC(=O)N(Cc1ccccc1)Cc1coc2ccc(C)cc2c1=O. The van der Waals surface area contributed by atoms with Gasteiger partial charge in [-0.05, 0) is 31.5 Å². The van der Waals surface area contributed by atoms with Crippen molar-refractivity contribution in [3.05, 3.63) is 81.7 Å². The van der Waals surface area contributed by atoms with Crippen LogP contribution < -0.4 is 5.43 Å². The van der Waals surface area contributed by atoms with Gasteiger partial charge in [-0.15, -0.1) is 0 Å². The van der Waals surface area contributed by atoms with Crippen molar-refractivity contribution in [3.63, 3.8) is 0 Å². The number of hydrogen-bond acceptors (Lipinski definition) is 5. The summed E-state index contributed by atoms with van der Waals surface area (Å²) in [6.07, 6.45) is 1.43. The van der Waals surface area contributed by atoms with E-state index in [9.17, 15) is 14.4 Å². The third-order valence-electron chi connectivity index (χ3n) is 4.78. The van der Waals surface area contributed by atoms with Crippen molar-refractivity contribution in [2.45, 2.75) is 39.8 Å². The second kappa shape index (κ2) is 9.87. The van der Waals surface area contributed by atoms with E-state index in [0.717, 1.165) is 11.1 Å². The van der Waals surface area contributed by atoms with Gasteiger partial charge in [0.15, 0.2) is 5.43 Å². The van der Waals surface area contributed by atoms with E-state index in [1.54, 1.807) is 24.0 Å². The zero-order chi connectivity index (χ0) is 21.5. The maximum Gasteiger partial charge on any atom is 0.306 e. The average Bonchev–Trinajstić information content (AvgIpc) is 2.74. The number of carbonyl (C=O) groups is 2. The first-order valence-electron chi connectivity index (χ1n) is 9.96. The van der Waals surface area contributed by atoms with Crippen molar-refractivity contribution in [2.24, 2.45) is 0 Å². The molecule has 6 heteroatoms. The number of aryl methyl sites for hydroxylation is 1. The zero-order valence-corrected chi connectivity index (χ0v) is 17.2. The Balaban J connectivity index is 1.85. The van der Waals surface area contributed by atoms with Crippen molar-refractivity contribution in [3.8, 4) is 0 Å². The van der Waals surface area contributed by atoms with Crippen LogP contribution in [-0.4, -0.2) is 23.4 Å². The standard InChI is InChI=1S/C24H25NO5/c1-3-29-23(27)12-11-22(26)25(14-18-7-5-4-6-8-18)15-19-16-30-21-10-9-17(2)13-20(21)24(19)28/h4-10,13,16H,3,11-12,14-15H2,1-2H3. The van der Waals surface area contributed by atoms with Gasteiger partial charge in [0.05, 0.1) is 36.8 Å². The first-order chi connectivity index (χ1) is 14.5. The highest BCUT2D eigenvalue weighted by Crippen LogP contribution is 2.16. The number of hydrogen-bond donors (Lipinski definition) is 0. The Labute approximate surface area is 175 Å². The van der Waals surface area contributed by atoms with Crippen LogP contribution in [0.25, 0.3) is 11.0 Å². The molecular weight excluding hydrogens is 382 g/mol. The van der Waals surface area contributed by atoms with E-state index in [-0.39, 0.29) is 37.3 Å². The summed E-state index contributed by atoms with van der Waals surface area (Å²) in [6, 6.07) is 14.9. The topological polar surface area (TPSA) is 76.8 Å². The monoisotopic (exact) mass is 407 g/mol. The molecule has 1 heterocycles. The molecule has 0 unspecified atom stereocenters. The van der Waals surface area contributed by atoms with E-state index in [1.807, 2.05) is 43.3 Å². The third kappa shape index (κ3) is 5.35. The second-order valence-electron chi connectivity index (χ2n) is 7.13. The van der Waals surface area contributed by atoms with Crippen LogP contribution in [0.4, 0.5) is 0 Å². The van der Waals surface area contributed by atoms with Gasteiger partial charge in [-0.25, -0.2) is 0 Å². The number of carbonyl (C=O) groups excluding carboxylic acids is 2. The average molecular weight is 407 g/mol. The summed E-state index contributed by atoms with van der Waals surface area (Å²) >= 11 is 0. The smallest absolute Gasteiger partial charge is 0.306 e. The molecule has 6 nitrogen and oxygen atoms in total. The van der Waals surface area contributed by atoms with Crippen LogP contribution in [0.3, 0.4) is 0 Å². The fraction of sp³-hybridized carbons (Fsp3) is 0.292. The van der Waals surface area contributed by atoms with Gasteiger partial charge >= 0.3 is 5.97 Å². The van der Waals surface area contributed by atoms with Gasteiger partial charge in [0.25, 0.3) is 0 Å². The summed E-state index contributed by atoms with van der Waals surface area (Å²) in [7, 11) is 0. The van der Waals surface area contributed by atoms with Crippen LogP contribution in [0.5, 0.6) is 0 Å². The lowest BCUT2D eigenvalue weighted by Crippen LogP contribution is -2.32. The minimum absolute atomic E-state index is 0.00346. The van der Waals surface area contributed by atoms with Gasteiger partial charge in [-0.1, -0.05) is 42.0 Å². The molecule has 1 amide bonds. The molecule has 0 aliphatic carbocycles. The molecule has 1 aromatic heterocycles. The van der Waals surface area contributed by atoms with Crippen molar-refractivity contribution in [1.29, 1.82) is 0 Å². The lowest BCUT2D eigenvalue weighted by molar-refractivity contribution is -0.146. The van der Waals surface area contributed by atoms with Gasteiger partial charge < -0.3 is 14.1 Å². The molecule has 2 aromatic carbocycles. The quantitative estimate of drug-likeness (QED) is 0.528. The normalized spacial score (nSPS) is 10.7. The molecule has 0 aliphatic heterocycles. The molecule has 0 radical (unpaired) electrons. The molecule has 30 heavy (non-hydrogen) atoms. The Morgan fingerprint density at radius 1 is 1.03 bits per heavy atom. The van der Waals surface area contributed by atoms with E-state index >= 15 is 0 Å². The summed E-state index contributed by atoms with van der Waals surface area (Å²) in [5.74, 6) is -0.637. The maximum absolute atomic E-state index is 13.0. The number of fused-ring (bicyclic) bond motifs is 1. The van der Waals surface area contributed by atoms with E-state index in [1.165, 1.54) is 6.26 Å². The predicted octanol–water partition coefficient (Wildman–Crippen LogP) is 3.97. The summed E-state index contributed by atoms with van der Waals surface area (Å²) in [5.41, 5.74) is 2.64. The van der Waals surface area contributed by atoms with Crippen LogP contribution in [0.1, 0.15) is 36.5 Å². The van der Waals surface area contributed by atoms with E-state index < -0.39 is 5.97 Å². The molecule has 0 fully saturated rings. The summed E-state index contributed by atoms with van der Waals surface area (Å²) < 4.78 is 10.5. The fourth-order valence-electron chi connectivity index (χ4n) is 3.24. The van der Waals surface area contributed by atoms with Crippen LogP contribution in [0.2, 0.25) is 0 Å². The molecule has 0 N–H and O–H groups in total. The summed E-state index contributed by atoms with van der Waals surface area (Å²) in [6.45, 7) is 4.34. The Morgan fingerprint density at radius 3 is 2.53 bits per heavy atom. The van der Waals surface area contributed by atoms with Crippen LogP contribution in [0.15, 0.2) is 64.0 Å². The zero-order valence-electron chi connectivity index (χ0n) is 17.2. The first kappa shape index (κ1) is 21.3. The molecule has 0 saturated heterocycles. The Morgan fingerprint density at radius 2 is 1.80 bits per heavy atom. The molecule has 3 rings (SSSR count). The number of ether oxygens (including phenoxy) is 1. The third-order valence-corrected chi connectivity index (χ3v) is 4.78. The molecule has 0 spiro atoms. The molecule has 0 aliphatic rings. The highest BCUT2D eigenvalue weighted by molar-refractivity contribution is 5.82. The van der Waals surface area contributed by atoms with Gasteiger partial charge in [0.2, 0.25) is 5.91 Å². The lowest BCUT2D eigenvalue weighted by atomic mass is 10.1. The second-order valence-corrected chi connectivity index (χ2v) is 7.13. The van der Waals surface area contributed by atoms with Crippen molar-refractivity contribution in [1.82, 2.24) is 4.90 Å². The molecule has 0 atom stereocenters. The fourth-order valence-corrected chi connectivity index (χ4v) is 3.24. The Kier molecular flexibility index (Phi) is 7.01. The van der Waals surface area contributed by atoms with Gasteiger partial charge in [-0.2, -0.15) is 0 Å². The summed E-state index contributed by atoms with van der Waals surface area (Å²) in [5, 5.41) is 0.492. The van der Waals surface area contributed by atoms with Gasteiger partial charge in [-0.3, -0.25) is 14.4 Å². The van der Waals surface area contributed by atoms with Crippen LogP contribution >= 0.6 is 0 Å². The lowest BCUT2D eigenvalue weighted by Gasteiger charge is -2.22. The molecule has 3 aromatic rings. The number of amides is 1. The largest absolute Gasteiger partial charge is 0.466 e. The number of nitrogens with zero attached hydrogens (tertiary/aromatic N) is 1. The van der Waals surface area contributed by atoms with Crippen LogP contribution in [0, 0.1) is 6.92 Å². The maximum atomic E-state index is 13.0. The first-order valence-corrected chi connectivity index (χ1v) is 9.96. The van der Waals surface area contributed by atoms with E-state index in [4.69, 9.17) is 9.15 Å². The molecule has 0 bridgehead atoms. The highest BCUT2D eigenvalue weighted by Gasteiger charge is 2.19. The van der Waals surface area contributed by atoms with E-state index in [0.29, 0.717) is 23.1 Å². The highest BCUT2D eigenvalue weighted by atomic mass is 16.5. The van der Waals surface area contributed by atoms with Crippen molar-refractivity contribution >= 4 is 22.8 Å². The molecular formula is C24H25NO5. The molecule has 156 valence electrons. The predicted molar refractivity (Wildman–Crippen MR) is 114 cm³/mol. The number of rotatable bonds is 8. The minimum atomic E-state index is -0.411. The Bertz CT molecular complexity index is 1090. The van der Waals surface area contributed by atoms with Crippen LogP contribution in [-0.2, 0) is 27.4 Å². The Hall–Kier alpha value is -3.41. The van der Waals surface area contributed by atoms with Gasteiger partial charge in [0.1, 0.15) is 5.58 Å². The van der Waals surface area contributed by atoms with Gasteiger partial charge in [0, 0.05) is 13.0 Å². The molecule has 0 saturated carbocycles. The van der Waals surface area contributed by atoms with E-state index in [2.05, 4.69) is 0 Å².